The predicted octanol–water partition coefficient (Wildman–Crippen LogP) is 0.921. The number of rotatable bonds is 4. The number of nitrogens with two attached hydrogens (primary N) is 1. The molecule has 6 nitrogen and oxygen atoms in total. The van der Waals surface area contributed by atoms with Gasteiger partial charge in [-0.2, -0.15) is 13.2 Å². The fourth-order valence-corrected chi connectivity index (χ4v) is 1.33. The van der Waals surface area contributed by atoms with Crippen LogP contribution in [0.5, 0.6) is 0 Å². The van der Waals surface area contributed by atoms with E-state index in [0.717, 1.165) is 24.3 Å². The number of alkyl halides is 3. The molecule has 0 fully saturated rings. The summed E-state index contributed by atoms with van der Waals surface area (Å²) in [6.45, 7) is 0.338. The van der Waals surface area contributed by atoms with E-state index in [4.69, 9.17) is 10.8 Å². The molecule has 0 aliphatic rings. The third-order valence-electron chi connectivity index (χ3n) is 2.79. The van der Waals surface area contributed by atoms with Gasteiger partial charge in [0.2, 0.25) is 11.4 Å². The molecule has 0 aliphatic heterocycles. The summed E-state index contributed by atoms with van der Waals surface area (Å²) in [5, 5.41) is 10.1. The van der Waals surface area contributed by atoms with Gasteiger partial charge in [0, 0.05) is 11.1 Å². The second kappa shape index (κ2) is 5.43. The number of carboxylic acid groups (broad SMARTS) is 1. The van der Waals surface area contributed by atoms with Crippen molar-refractivity contribution in [2.45, 2.75) is 18.6 Å². The van der Waals surface area contributed by atoms with Crippen molar-refractivity contribution in [1.82, 2.24) is 5.32 Å². The topological polar surface area (TPSA) is 109 Å². The van der Waals surface area contributed by atoms with Crippen LogP contribution in [0, 0.1) is 0 Å². The third-order valence-corrected chi connectivity index (χ3v) is 2.79. The molecule has 0 heterocycles. The van der Waals surface area contributed by atoms with E-state index in [9.17, 15) is 27.6 Å². The predicted molar refractivity (Wildman–Crippen MR) is 64.5 cm³/mol. The highest BCUT2D eigenvalue weighted by Gasteiger charge is 2.58. The van der Waals surface area contributed by atoms with E-state index < -0.39 is 29.5 Å². The Morgan fingerprint density at radius 1 is 1.10 bits per heavy atom. The summed E-state index contributed by atoms with van der Waals surface area (Å²) < 4.78 is 38.2. The van der Waals surface area contributed by atoms with Gasteiger partial charge in [0.05, 0.1) is 0 Å². The van der Waals surface area contributed by atoms with Crippen molar-refractivity contribution in [2.24, 2.45) is 5.73 Å². The Hall–Kier alpha value is -2.58. The maximum absolute atomic E-state index is 12.7. The molecule has 114 valence electrons. The van der Waals surface area contributed by atoms with Gasteiger partial charge >= 0.3 is 12.1 Å². The van der Waals surface area contributed by atoms with Crippen molar-refractivity contribution in [3.05, 3.63) is 35.4 Å². The van der Waals surface area contributed by atoms with Gasteiger partial charge in [0.15, 0.2) is 0 Å². The van der Waals surface area contributed by atoms with Crippen molar-refractivity contribution in [2.75, 3.05) is 0 Å². The number of carbonyl (C=O) groups is 3. The fraction of sp³-hybridized carbons (Fsp3) is 0.250. The van der Waals surface area contributed by atoms with Gasteiger partial charge < -0.3 is 16.2 Å². The molecule has 0 saturated heterocycles. The largest absolute Gasteiger partial charge is 0.479 e. The molecule has 0 aromatic heterocycles. The number of primary amides is 1. The van der Waals surface area contributed by atoms with Crippen LogP contribution in [0.3, 0.4) is 0 Å². The average molecular weight is 304 g/mol. The van der Waals surface area contributed by atoms with Crippen molar-refractivity contribution in [1.29, 1.82) is 0 Å². The average Bonchev–Trinajstić information content (AvgIpc) is 2.37. The van der Waals surface area contributed by atoms with Crippen LogP contribution in [0.2, 0.25) is 0 Å². The Kier molecular flexibility index (Phi) is 4.26. The van der Waals surface area contributed by atoms with Crippen molar-refractivity contribution < 1.29 is 32.7 Å². The summed E-state index contributed by atoms with van der Waals surface area (Å²) in [7, 11) is 0. The number of carbonyl (C=O) groups excluding carboxylic acids is 2. The van der Waals surface area contributed by atoms with E-state index in [1.165, 1.54) is 5.32 Å². The van der Waals surface area contributed by atoms with E-state index in [0.29, 0.717) is 6.92 Å². The molecule has 9 heteroatoms. The third kappa shape index (κ3) is 3.30. The fourth-order valence-electron chi connectivity index (χ4n) is 1.33. The highest BCUT2D eigenvalue weighted by Crippen LogP contribution is 2.30. The summed E-state index contributed by atoms with van der Waals surface area (Å²) in [4.78, 5) is 33.3. The van der Waals surface area contributed by atoms with Crippen LogP contribution >= 0.6 is 0 Å². The lowest BCUT2D eigenvalue weighted by atomic mass is 10.0. The number of hydrogen-bond donors (Lipinski definition) is 3. The minimum Gasteiger partial charge on any atom is -0.479 e. The molecule has 0 aliphatic carbocycles. The maximum Gasteiger partial charge on any atom is 0.422 e. The zero-order valence-electron chi connectivity index (χ0n) is 10.7. The van der Waals surface area contributed by atoms with E-state index >= 15 is 0 Å². The monoisotopic (exact) mass is 304 g/mol. The number of benzene rings is 1. The molecule has 1 unspecified atom stereocenters. The molecule has 1 aromatic carbocycles. The molecule has 2 amide bonds. The van der Waals surface area contributed by atoms with Gasteiger partial charge in [0.25, 0.3) is 5.91 Å². The number of hydrogen-bond acceptors (Lipinski definition) is 3. The normalized spacial score (nSPS) is 14.1. The summed E-state index contributed by atoms with van der Waals surface area (Å²) >= 11 is 0. The first-order valence-electron chi connectivity index (χ1n) is 5.51. The minimum atomic E-state index is -5.18. The number of halogens is 3. The molecule has 4 N–H and O–H groups in total. The second-order valence-electron chi connectivity index (χ2n) is 4.32. The first-order valence-corrected chi connectivity index (χ1v) is 5.51. The Balaban J connectivity index is 3.03. The molecular formula is C12H11F3N2O4. The quantitative estimate of drug-likeness (QED) is 0.768. The van der Waals surface area contributed by atoms with Gasteiger partial charge in [0.1, 0.15) is 0 Å². The molecule has 0 radical (unpaired) electrons. The zero-order chi connectivity index (χ0) is 16.4. The lowest BCUT2D eigenvalue weighted by Crippen LogP contribution is -2.61. The molecule has 0 saturated carbocycles. The molecular weight excluding hydrogens is 293 g/mol. The standard InChI is InChI=1S/C12H11F3N2O4/c1-11(10(20)21,12(13,14)15)17-9(19)7-4-2-6(3-5-7)8(16)18/h2-5H,1H3,(H2,16,18)(H,17,19)(H,20,21). The summed E-state index contributed by atoms with van der Waals surface area (Å²) in [5.41, 5.74) is 1.37. The van der Waals surface area contributed by atoms with Crippen LogP contribution in [-0.2, 0) is 4.79 Å². The van der Waals surface area contributed by atoms with Crippen LogP contribution in [0.25, 0.3) is 0 Å². The summed E-state index contributed by atoms with van der Waals surface area (Å²) in [5.74, 6) is -4.25. The molecule has 1 atom stereocenters. The highest BCUT2D eigenvalue weighted by atomic mass is 19.4. The lowest BCUT2D eigenvalue weighted by Gasteiger charge is -2.28. The SMILES string of the molecule is CC(NC(=O)c1ccc(C(N)=O)cc1)(C(=O)O)C(F)(F)F. The zero-order valence-corrected chi connectivity index (χ0v) is 10.7. The Morgan fingerprint density at radius 2 is 1.52 bits per heavy atom. The van der Waals surface area contributed by atoms with E-state index in [2.05, 4.69) is 0 Å². The molecule has 21 heavy (non-hydrogen) atoms. The first kappa shape index (κ1) is 16.5. The Bertz CT molecular complexity index is 583. The Labute approximate surface area is 116 Å². The first-order chi connectivity index (χ1) is 9.49. The van der Waals surface area contributed by atoms with Crippen molar-refractivity contribution in [3.8, 4) is 0 Å². The molecule has 1 aromatic rings. The maximum atomic E-state index is 12.7. The van der Waals surface area contributed by atoms with Crippen LogP contribution in [0.15, 0.2) is 24.3 Å². The number of aliphatic carboxylic acids is 1. The highest BCUT2D eigenvalue weighted by molar-refractivity contribution is 5.99. The van der Waals surface area contributed by atoms with Gasteiger partial charge in [-0.25, -0.2) is 4.79 Å². The number of carboxylic acids is 1. The number of nitrogens with one attached hydrogen (secondary N) is 1. The molecule has 1 rings (SSSR count). The van der Waals surface area contributed by atoms with Gasteiger partial charge in [-0.05, 0) is 31.2 Å². The second-order valence-corrected chi connectivity index (χ2v) is 4.32. The van der Waals surface area contributed by atoms with Crippen molar-refractivity contribution >= 4 is 17.8 Å². The van der Waals surface area contributed by atoms with E-state index in [1.54, 1.807) is 0 Å². The van der Waals surface area contributed by atoms with Crippen LogP contribution in [0.1, 0.15) is 27.6 Å². The van der Waals surface area contributed by atoms with E-state index in [-0.39, 0.29) is 11.1 Å². The van der Waals surface area contributed by atoms with Crippen LogP contribution in [-0.4, -0.2) is 34.6 Å². The van der Waals surface area contributed by atoms with Gasteiger partial charge in [-0.3, -0.25) is 9.59 Å². The molecule has 0 bridgehead atoms. The summed E-state index contributed by atoms with van der Waals surface area (Å²) in [6.07, 6.45) is -5.18. The van der Waals surface area contributed by atoms with Crippen LogP contribution in [0.4, 0.5) is 13.2 Å². The van der Waals surface area contributed by atoms with Crippen LogP contribution < -0.4 is 11.1 Å². The summed E-state index contributed by atoms with van der Waals surface area (Å²) in [6, 6.07) is 4.41. The number of amides is 2. The van der Waals surface area contributed by atoms with E-state index in [1.807, 2.05) is 0 Å². The van der Waals surface area contributed by atoms with Crippen molar-refractivity contribution in [3.63, 3.8) is 0 Å². The lowest BCUT2D eigenvalue weighted by molar-refractivity contribution is -0.203. The Morgan fingerprint density at radius 3 is 1.86 bits per heavy atom. The van der Waals surface area contributed by atoms with Gasteiger partial charge in [-0.15, -0.1) is 0 Å². The van der Waals surface area contributed by atoms with Gasteiger partial charge in [-0.1, -0.05) is 0 Å². The minimum absolute atomic E-state index is 0.0587. The smallest absolute Gasteiger partial charge is 0.422 e. The molecule has 0 spiro atoms.